The van der Waals surface area contributed by atoms with Gasteiger partial charge in [-0.25, -0.2) is 4.98 Å². The topological polar surface area (TPSA) is 27.1 Å². The van der Waals surface area contributed by atoms with Crippen LogP contribution in [0.1, 0.15) is 11.4 Å². The standard InChI is InChI=1S/C10H12N2O/c1-7-4-5-9-10(6-7)12(13-3)8(2)11-9/h4-6H,1-3H3. The third-order valence-electron chi connectivity index (χ3n) is 2.11. The number of nitrogens with zero attached hydrogens (tertiary/aromatic N) is 2. The second-order valence-electron chi connectivity index (χ2n) is 3.13. The van der Waals surface area contributed by atoms with Crippen molar-refractivity contribution in [2.45, 2.75) is 13.8 Å². The number of benzene rings is 1. The van der Waals surface area contributed by atoms with Crippen molar-refractivity contribution in [2.75, 3.05) is 7.11 Å². The molecule has 68 valence electrons. The fourth-order valence-corrected chi connectivity index (χ4v) is 1.52. The smallest absolute Gasteiger partial charge is 0.143 e. The van der Waals surface area contributed by atoms with Crippen LogP contribution in [0, 0.1) is 13.8 Å². The number of hydrogen-bond donors (Lipinski definition) is 0. The monoisotopic (exact) mass is 176 g/mol. The van der Waals surface area contributed by atoms with Crippen LogP contribution in [0.15, 0.2) is 18.2 Å². The van der Waals surface area contributed by atoms with Gasteiger partial charge in [-0.3, -0.25) is 0 Å². The highest BCUT2D eigenvalue weighted by Gasteiger charge is 2.06. The summed E-state index contributed by atoms with van der Waals surface area (Å²) in [4.78, 5) is 9.57. The van der Waals surface area contributed by atoms with Crippen LogP contribution in [0.4, 0.5) is 0 Å². The maximum atomic E-state index is 5.21. The first-order valence-electron chi connectivity index (χ1n) is 4.22. The van der Waals surface area contributed by atoms with Crippen molar-refractivity contribution in [3.63, 3.8) is 0 Å². The van der Waals surface area contributed by atoms with E-state index in [9.17, 15) is 0 Å². The molecule has 0 unspecified atom stereocenters. The minimum Gasteiger partial charge on any atom is -0.415 e. The van der Waals surface area contributed by atoms with Gasteiger partial charge in [0.1, 0.15) is 18.5 Å². The van der Waals surface area contributed by atoms with Gasteiger partial charge in [-0.15, -0.1) is 0 Å². The normalized spacial score (nSPS) is 10.7. The summed E-state index contributed by atoms with van der Waals surface area (Å²) in [6.07, 6.45) is 0. The van der Waals surface area contributed by atoms with Gasteiger partial charge in [-0.1, -0.05) is 6.07 Å². The summed E-state index contributed by atoms with van der Waals surface area (Å²) < 4.78 is 1.74. The lowest BCUT2D eigenvalue weighted by Gasteiger charge is -2.02. The van der Waals surface area contributed by atoms with Gasteiger partial charge in [0.25, 0.3) is 0 Å². The van der Waals surface area contributed by atoms with E-state index in [-0.39, 0.29) is 0 Å². The summed E-state index contributed by atoms with van der Waals surface area (Å²) in [5.41, 5.74) is 3.22. The molecule has 13 heavy (non-hydrogen) atoms. The Morgan fingerprint density at radius 1 is 1.31 bits per heavy atom. The molecular weight excluding hydrogens is 164 g/mol. The Morgan fingerprint density at radius 2 is 2.08 bits per heavy atom. The summed E-state index contributed by atoms with van der Waals surface area (Å²) in [5.74, 6) is 0.878. The van der Waals surface area contributed by atoms with Gasteiger partial charge < -0.3 is 4.84 Å². The SMILES string of the molecule is COn1c(C)nc2ccc(C)cc21. The Balaban J connectivity index is 2.80. The van der Waals surface area contributed by atoms with Gasteiger partial charge in [-0.05, 0) is 31.5 Å². The average molecular weight is 176 g/mol. The predicted octanol–water partition coefficient (Wildman–Crippen LogP) is 1.71. The molecule has 3 nitrogen and oxygen atoms in total. The van der Waals surface area contributed by atoms with E-state index in [1.54, 1.807) is 11.8 Å². The van der Waals surface area contributed by atoms with Crippen LogP contribution in [-0.2, 0) is 0 Å². The van der Waals surface area contributed by atoms with Gasteiger partial charge in [-0.2, -0.15) is 4.73 Å². The third kappa shape index (κ3) is 1.16. The van der Waals surface area contributed by atoms with Crippen LogP contribution in [0.3, 0.4) is 0 Å². The summed E-state index contributed by atoms with van der Waals surface area (Å²) in [5, 5.41) is 0. The number of hydrogen-bond acceptors (Lipinski definition) is 2. The molecule has 3 heteroatoms. The molecule has 0 bridgehead atoms. The third-order valence-corrected chi connectivity index (χ3v) is 2.11. The lowest BCUT2D eigenvalue weighted by atomic mass is 10.2. The Labute approximate surface area is 76.9 Å². The maximum absolute atomic E-state index is 5.21. The molecule has 1 aromatic heterocycles. The molecule has 0 N–H and O–H groups in total. The van der Waals surface area contributed by atoms with E-state index in [1.807, 2.05) is 13.0 Å². The molecule has 0 saturated heterocycles. The molecule has 0 aliphatic rings. The summed E-state index contributed by atoms with van der Waals surface area (Å²) >= 11 is 0. The number of fused-ring (bicyclic) bond motifs is 1. The van der Waals surface area contributed by atoms with Crippen molar-refractivity contribution >= 4 is 11.0 Å². The van der Waals surface area contributed by atoms with Crippen LogP contribution in [0.2, 0.25) is 0 Å². The highest BCUT2D eigenvalue weighted by molar-refractivity contribution is 5.76. The molecule has 0 radical (unpaired) electrons. The van der Waals surface area contributed by atoms with Crippen molar-refractivity contribution in [1.82, 2.24) is 9.71 Å². The highest BCUT2D eigenvalue weighted by atomic mass is 16.6. The Bertz CT molecular complexity index is 445. The minimum absolute atomic E-state index is 0.878. The Morgan fingerprint density at radius 3 is 2.77 bits per heavy atom. The van der Waals surface area contributed by atoms with E-state index in [0.29, 0.717) is 0 Å². The van der Waals surface area contributed by atoms with Gasteiger partial charge in [0.05, 0.1) is 5.52 Å². The fourth-order valence-electron chi connectivity index (χ4n) is 1.52. The van der Waals surface area contributed by atoms with E-state index in [4.69, 9.17) is 4.84 Å². The molecular formula is C10H12N2O. The van der Waals surface area contributed by atoms with E-state index >= 15 is 0 Å². The highest BCUT2D eigenvalue weighted by Crippen LogP contribution is 2.15. The first-order valence-corrected chi connectivity index (χ1v) is 4.22. The predicted molar refractivity (Wildman–Crippen MR) is 51.7 cm³/mol. The van der Waals surface area contributed by atoms with Crippen molar-refractivity contribution in [1.29, 1.82) is 0 Å². The van der Waals surface area contributed by atoms with Crippen molar-refractivity contribution in [2.24, 2.45) is 0 Å². The molecule has 0 atom stereocenters. The van der Waals surface area contributed by atoms with Crippen LogP contribution in [0.5, 0.6) is 0 Å². The maximum Gasteiger partial charge on any atom is 0.143 e. The lowest BCUT2D eigenvalue weighted by Crippen LogP contribution is -2.07. The van der Waals surface area contributed by atoms with E-state index in [1.165, 1.54) is 5.56 Å². The first-order chi connectivity index (χ1) is 6.22. The molecule has 0 aliphatic heterocycles. The Hall–Kier alpha value is -1.51. The first kappa shape index (κ1) is 8.10. The number of imidazole rings is 1. The summed E-state index contributed by atoms with van der Waals surface area (Å²) in [7, 11) is 1.65. The summed E-state index contributed by atoms with van der Waals surface area (Å²) in [6.45, 7) is 3.99. The van der Waals surface area contributed by atoms with Gasteiger partial charge >= 0.3 is 0 Å². The second kappa shape index (κ2) is 2.76. The number of aryl methyl sites for hydroxylation is 2. The van der Waals surface area contributed by atoms with Crippen molar-refractivity contribution in [3.8, 4) is 0 Å². The Kier molecular flexibility index (Phi) is 1.72. The zero-order valence-corrected chi connectivity index (χ0v) is 8.03. The van der Waals surface area contributed by atoms with Crippen LogP contribution in [-0.4, -0.2) is 16.8 Å². The molecule has 2 aromatic rings. The molecule has 1 aromatic carbocycles. The van der Waals surface area contributed by atoms with Gasteiger partial charge in [0.15, 0.2) is 0 Å². The zero-order chi connectivity index (χ0) is 9.42. The molecule has 0 amide bonds. The van der Waals surface area contributed by atoms with Gasteiger partial charge in [0, 0.05) is 0 Å². The summed E-state index contributed by atoms with van der Waals surface area (Å²) in [6, 6.07) is 6.13. The molecule has 0 aliphatic carbocycles. The second-order valence-corrected chi connectivity index (χ2v) is 3.13. The lowest BCUT2D eigenvalue weighted by molar-refractivity contribution is 0.171. The number of rotatable bonds is 1. The quantitative estimate of drug-likeness (QED) is 0.661. The minimum atomic E-state index is 0.878. The van der Waals surface area contributed by atoms with Gasteiger partial charge in [0.2, 0.25) is 0 Å². The van der Waals surface area contributed by atoms with Crippen molar-refractivity contribution < 1.29 is 4.84 Å². The zero-order valence-electron chi connectivity index (χ0n) is 8.03. The molecule has 0 saturated carbocycles. The average Bonchev–Trinajstić information content (AvgIpc) is 2.40. The van der Waals surface area contributed by atoms with Crippen LogP contribution < -0.4 is 4.84 Å². The van der Waals surface area contributed by atoms with Crippen LogP contribution in [0.25, 0.3) is 11.0 Å². The molecule has 1 heterocycles. The van der Waals surface area contributed by atoms with E-state index < -0.39 is 0 Å². The molecule has 0 fully saturated rings. The van der Waals surface area contributed by atoms with E-state index in [2.05, 4.69) is 24.0 Å². The fraction of sp³-hybridized carbons (Fsp3) is 0.300. The van der Waals surface area contributed by atoms with Crippen LogP contribution >= 0.6 is 0 Å². The largest absolute Gasteiger partial charge is 0.415 e. The molecule has 0 spiro atoms. The molecule has 2 rings (SSSR count). The van der Waals surface area contributed by atoms with E-state index in [0.717, 1.165) is 16.9 Å². The van der Waals surface area contributed by atoms with Crippen molar-refractivity contribution in [3.05, 3.63) is 29.6 Å². The number of aromatic nitrogens is 2.